The first-order valence-corrected chi connectivity index (χ1v) is 25.4. The standard InChI is InChI=1S/C29H46N4O10S.C13H18N2O2.C5H12O.C2H6.CH4O/c1-19(2)14-21-17-33(32-31-21)28(3,4)11-13-41-29(5,6)10-12-30-26(36)20-8-9-24(25(15-20)43-44(37,38)39-7)42-27-23(35)16-22(34)18-40-27;1-9(2)3-8-12(15-17)10-4-6-11(7-5-10)13(14)16;1-5(2)3-4-6;2*1-2/h8-9,15,17,19,22-23,27,34-35H,10-14,16,18H2,1-7H3,(H,30,36);4-7,9,17H,3,8H2,1-2H3,(H2,14,16);5-6H,3-4H2,1-2H3;1-2H3;2H,1H3/b;15-12-;;;/t22-,23?,27+;;;;/m1..../s1. The van der Waals surface area contributed by atoms with Crippen molar-refractivity contribution in [2.45, 2.75) is 158 Å². The Morgan fingerprint density at radius 1 is 0.915 bits per heavy atom. The van der Waals surface area contributed by atoms with Crippen LogP contribution in [0, 0.1) is 17.8 Å². The summed E-state index contributed by atoms with van der Waals surface area (Å²) in [5.41, 5.74) is 7.29. The molecule has 8 N–H and O–H groups in total. The topological polar surface area (TPSA) is 297 Å². The minimum atomic E-state index is -4.46. The minimum Gasteiger partial charge on any atom is -0.458 e. The average Bonchev–Trinajstić information content (AvgIpc) is 3.78. The smallest absolute Gasteiger partial charge is 0.448 e. The molecule has 0 radical (unpaired) electrons. The maximum Gasteiger partial charge on any atom is 0.448 e. The van der Waals surface area contributed by atoms with Crippen LogP contribution in [0.3, 0.4) is 0 Å². The number of primary amides is 1. The first-order chi connectivity index (χ1) is 33.3. The highest BCUT2D eigenvalue weighted by molar-refractivity contribution is 7.82. The second-order valence-electron chi connectivity index (χ2n) is 18.9. The number of amides is 2. The van der Waals surface area contributed by atoms with Gasteiger partial charge in [-0.1, -0.05) is 77.9 Å². The molecule has 406 valence electrons. The number of oxime groups is 1. The lowest BCUT2D eigenvalue weighted by molar-refractivity contribution is -0.199. The van der Waals surface area contributed by atoms with E-state index in [-0.39, 0.29) is 42.2 Å². The molecule has 2 heterocycles. The molecule has 2 aromatic carbocycles. The quantitative estimate of drug-likeness (QED) is 0.0307. The number of nitrogens with zero attached hydrogens (tertiary/aromatic N) is 4. The van der Waals surface area contributed by atoms with Crippen LogP contribution < -0.4 is 20.0 Å². The van der Waals surface area contributed by atoms with Crippen LogP contribution >= 0.6 is 0 Å². The Hall–Kier alpha value is -4.74. The van der Waals surface area contributed by atoms with Gasteiger partial charge in [-0.25, -0.2) is 8.86 Å². The van der Waals surface area contributed by atoms with Crippen LogP contribution in [0.2, 0.25) is 0 Å². The van der Waals surface area contributed by atoms with E-state index in [1.54, 1.807) is 24.3 Å². The second kappa shape index (κ2) is 33.8. The number of nitrogens with two attached hydrogens (primary N) is 1. The van der Waals surface area contributed by atoms with E-state index in [2.05, 4.69) is 80.4 Å². The summed E-state index contributed by atoms with van der Waals surface area (Å²) >= 11 is 0. The Morgan fingerprint density at radius 2 is 1.51 bits per heavy atom. The number of carbonyl (C=O) groups is 2. The third kappa shape index (κ3) is 26.5. The zero-order valence-corrected chi connectivity index (χ0v) is 45.4. The van der Waals surface area contributed by atoms with Gasteiger partial charge in [-0.2, -0.15) is 8.42 Å². The lowest BCUT2D eigenvalue weighted by atomic mass is 10.00. The van der Waals surface area contributed by atoms with Gasteiger partial charge in [-0.05, 0) is 120 Å². The van der Waals surface area contributed by atoms with Gasteiger partial charge in [0.1, 0.15) is 6.10 Å². The number of aliphatic hydroxyl groups excluding tert-OH is 4. The van der Waals surface area contributed by atoms with Crippen molar-refractivity contribution in [2.24, 2.45) is 28.6 Å². The molecule has 1 aromatic heterocycles. The molecule has 21 heteroatoms. The van der Waals surface area contributed by atoms with E-state index < -0.39 is 46.3 Å². The van der Waals surface area contributed by atoms with E-state index in [9.17, 15) is 28.2 Å². The van der Waals surface area contributed by atoms with Gasteiger partial charge >= 0.3 is 10.4 Å². The number of benzene rings is 2. The van der Waals surface area contributed by atoms with Crippen molar-refractivity contribution in [3.8, 4) is 11.5 Å². The number of nitrogens with one attached hydrogen (secondary N) is 1. The average molecular weight is 1030 g/mol. The molecule has 4 rings (SSSR count). The zero-order valence-electron chi connectivity index (χ0n) is 44.5. The predicted molar refractivity (Wildman–Crippen MR) is 273 cm³/mol. The summed E-state index contributed by atoms with van der Waals surface area (Å²) in [6.45, 7) is 25.8. The molecule has 0 spiro atoms. The number of ether oxygens (including phenoxy) is 3. The normalized spacial score (nSPS) is 16.0. The van der Waals surface area contributed by atoms with Gasteiger partial charge in [-0.3, -0.25) is 9.59 Å². The predicted octanol–water partition coefficient (Wildman–Crippen LogP) is 6.39. The fourth-order valence-corrected chi connectivity index (χ4v) is 6.60. The Morgan fingerprint density at radius 3 is 2.01 bits per heavy atom. The van der Waals surface area contributed by atoms with Crippen molar-refractivity contribution in [1.82, 2.24) is 20.3 Å². The van der Waals surface area contributed by atoms with E-state index in [0.717, 1.165) is 44.7 Å². The summed E-state index contributed by atoms with van der Waals surface area (Å²) in [6, 6.07) is 10.7. The molecule has 1 aliphatic heterocycles. The molecule has 0 saturated carbocycles. The first-order valence-electron chi connectivity index (χ1n) is 24.1. The van der Waals surface area contributed by atoms with Gasteiger partial charge in [-0.15, -0.1) is 5.10 Å². The van der Waals surface area contributed by atoms with Crippen LogP contribution in [0.4, 0.5) is 0 Å². The van der Waals surface area contributed by atoms with E-state index >= 15 is 0 Å². The number of carbonyl (C=O) groups excluding carboxylic acids is 2. The van der Waals surface area contributed by atoms with Gasteiger partial charge in [0.15, 0.2) is 11.5 Å². The number of aliphatic hydroxyl groups is 4. The molecule has 71 heavy (non-hydrogen) atoms. The van der Waals surface area contributed by atoms with Crippen LogP contribution in [0.1, 0.15) is 154 Å². The van der Waals surface area contributed by atoms with Crippen molar-refractivity contribution in [3.05, 3.63) is 71.0 Å². The SMILES string of the molecule is CC.CC(C)CC/C(=N/O)c1ccc(C(N)=O)cc1.CC(C)CCO.CO.COS(=O)(=O)Oc1cc(C(=O)NCCC(C)(C)OCCC(C)(C)n2cc(CC(C)C)nn2)ccc1O[C@@H]1OC[C@H](O)CC1O. The maximum atomic E-state index is 12.9. The summed E-state index contributed by atoms with van der Waals surface area (Å²) in [7, 11) is -2.54. The number of hydrogen-bond donors (Lipinski definition) is 7. The molecule has 2 amide bonds. The fourth-order valence-electron chi connectivity index (χ4n) is 6.18. The zero-order chi connectivity index (χ0) is 54.5. The highest BCUT2D eigenvalue weighted by atomic mass is 32.3. The van der Waals surface area contributed by atoms with E-state index in [1.807, 2.05) is 38.6 Å². The summed E-state index contributed by atoms with van der Waals surface area (Å²) in [6.07, 6.45) is 3.47. The minimum absolute atomic E-state index is 0.0106. The number of rotatable bonds is 23. The van der Waals surface area contributed by atoms with Crippen molar-refractivity contribution in [3.63, 3.8) is 0 Å². The van der Waals surface area contributed by atoms with Crippen molar-refractivity contribution in [1.29, 1.82) is 0 Å². The first kappa shape index (κ1) is 66.3. The van der Waals surface area contributed by atoms with E-state index in [4.69, 9.17) is 39.5 Å². The second-order valence-corrected chi connectivity index (χ2v) is 20.2. The molecule has 1 aliphatic rings. The van der Waals surface area contributed by atoms with Gasteiger partial charge in [0.05, 0.1) is 42.4 Å². The Labute approximate surface area is 422 Å². The highest BCUT2D eigenvalue weighted by Gasteiger charge is 2.32. The van der Waals surface area contributed by atoms with Gasteiger partial charge in [0, 0.05) is 50.6 Å². The Bertz CT molecular complexity index is 2090. The van der Waals surface area contributed by atoms with E-state index in [1.165, 1.54) is 18.2 Å². The highest BCUT2D eigenvalue weighted by Crippen LogP contribution is 2.33. The lowest BCUT2D eigenvalue weighted by Gasteiger charge is -2.31. The summed E-state index contributed by atoms with van der Waals surface area (Å²) in [5, 5.41) is 58.7. The van der Waals surface area contributed by atoms with E-state index in [0.29, 0.717) is 61.5 Å². The van der Waals surface area contributed by atoms with Gasteiger partial charge in [0.2, 0.25) is 12.2 Å². The third-order valence-corrected chi connectivity index (χ3v) is 11.2. The van der Waals surface area contributed by atoms with Crippen LogP contribution in [0.5, 0.6) is 11.5 Å². The van der Waals surface area contributed by atoms with Crippen LogP contribution in [-0.4, -0.2) is 131 Å². The molecule has 1 saturated heterocycles. The lowest BCUT2D eigenvalue weighted by Crippen LogP contribution is -2.44. The monoisotopic (exact) mass is 1030 g/mol. The molecular formula is C50H86N6O14S. The number of hydrogen-bond acceptors (Lipinski definition) is 17. The Balaban J connectivity index is 0.00000149. The van der Waals surface area contributed by atoms with Gasteiger partial charge < -0.3 is 55.1 Å². The summed E-state index contributed by atoms with van der Waals surface area (Å²) in [5.74, 6) is 0.316. The van der Waals surface area contributed by atoms with Crippen molar-refractivity contribution in [2.75, 3.05) is 40.6 Å². The van der Waals surface area contributed by atoms with Crippen LogP contribution in [-0.2, 0) is 36.0 Å². The largest absolute Gasteiger partial charge is 0.458 e. The fraction of sp³-hybridized carbons (Fsp3) is 0.660. The molecule has 1 unspecified atom stereocenters. The summed E-state index contributed by atoms with van der Waals surface area (Å²) < 4.78 is 52.3. The van der Waals surface area contributed by atoms with Crippen LogP contribution in [0.25, 0.3) is 0 Å². The summed E-state index contributed by atoms with van der Waals surface area (Å²) in [4.78, 5) is 23.9. The maximum absolute atomic E-state index is 12.9. The van der Waals surface area contributed by atoms with Crippen molar-refractivity contribution >= 4 is 27.9 Å². The van der Waals surface area contributed by atoms with Gasteiger partial charge in [0.25, 0.3) is 5.91 Å². The number of aromatic nitrogens is 3. The molecule has 0 bridgehead atoms. The third-order valence-electron chi connectivity index (χ3n) is 10.4. The van der Waals surface area contributed by atoms with Crippen molar-refractivity contribution < 1.29 is 66.2 Å². The molecule has 0 aliphatic carbocycles. The Kier molecular flexibility index (Phi) is 31.6. The molecule has 20 nitrogen and oxygen atoms in total. The molecule has 1 fully saturated rings. The molecular weight excluding hydrogens is 941 g/mol. The molecule has 3 aromatic rings. The van der Waals surface area contributed by atoms with Crippen LogP contribution in [0.15, 0.2) is 53.8 Å². The molecule has 3 atom stereocenters.